The van der Waals surface area contributed by atoms with Crippen molar-refractivity contribution in [3.05, 3.63) is 94.5 Å². The van der Waals surface area contributed by atoms with Crippen LogP contribution in [0.1, 0.15) is 38.5 Å². The smallest absolute Gasteiger partial charge is 0.256 e. The maximum absolute atomic E-state index is 12.8. The highest BCUT2D eigenvalue weighted by Crippen LogP contribution is 2.20. The number of carbonyl (C=O) groups excluding carboxylic acids is 1. The lowest BCUT2D eigenvalue weighted by Crippen LogP contribution is -2.16. The number of nitrogens with zero attached hydrogens (tertiary/aromatic N) is 3. The second kappa shape index (κ2) is 8.87. The fourth-order valence-corrected chi connectivity index (χ4v) is 3.33. The molecule has 0 unspecified atom stereocenters. The van der Waals surface area contributed by atoms with Crippen LogP contribution in [0.3, 0.4) is 0 Å². The highest BCUT2D eigenvalue weighted by atomic mass is 16.5. The van der Waals surface area contributed by atoms with Gasteiger partial charge in [0.15, 0.2) is 0 Å². The maximum Gasteiger partial charge on any atom is 0.256 e. The van der Waals surface area contributed by atoms with Crippen LogP contribution in [-0.4, -0.2) is 20.8 Å². The maximum atomic E-state index is 12.8. The van der Waals surface area contributed by atoms with Crippen molar-refractivity contribution in [1.29, 1.82) is 0 Å². The Bertz CT molecular complexity index is 1190. The Labute approximate surface area is 180 Å². The predicted octanol–water partition coefficient (Wildman–Crippen LogP) is 4.68. The van der Waals surface area contributed by atoms with Gasteiger partial charge in [-0.2, -0.15) is 5.10 Å². The minimum absolute atomic E-state index is 0.228. The Morgan fingerprint density at radius 2 is 1.94 bits per heavy atom. The molecule has 2 aromatic carbocycles. The van der Waals surface area contributed by atoms with E-state index in [0.717, 1.165) is 22.6 Å². The first kappa shape index (κ1) is 20.4. The molecular weight excluding hydrogens is 392 g/mol. The van der Waals surface area contributed by atoms with Crippen LogP contribution >= 0.6 is 0 Å². The van der Waals surface area contributed by atoms with E-state index in [9.17, 15) is 4.79 Å². The standard InChI is InChI=1S/C24H24N4O3/c1-16-6-4-7-19(12-16)14-28-23(10-11-25-28)26-24(29)20-8-5-9-21(13-20)30-15-22-17(2)27-31-18(22)3/h4-13H,14-15H2,1-3H3,(H,26,29). The van der Waals surface area contributed by atoms with E-state index in [-0.39, 0.29) is 5.91 Å². The summed E-state index contributed by atoms with van der Waals surface area (Å²) in [6, 6.07) is 17.1. The average Bonchev–Trinajstić information content (AvgIpc) is 3.32. The molecule has 0 bridgehead atoms. The third kappa shape index (κ3) is 4.83. The van der Waals surface area contributed by atoms with Gasteiger partial charge >= 0.3 is 0 Å². The molecule has 1 amide bonds. The third-order valence-corrected chi connectivity index (χ3v) is 5.03. The Kier molecular flexibility index (Phi) is 5.84. The van der Waals surface area contributed by atoms with E-state index in [0.29, 0.717) is 30.3 Å². The molecule has 4 rings (SSSR count). The summed E-state index contributed by atoms with van der Waals surface area (Å²) < 4.78 is 12.8. The van der Waals surface area contributed by atoms with Crippen molar-refractivity contribution in [1.82, 2.24) is 14.9 Å². The van der Waals surface area contributed by atoms with Gasteiger partial charge < -0.3 is 14.6 Å². The number of carbonyl (C=O) groups is 1. The summed E-state index contributed by atoms with van der Waals surface area (Å²) in [4.78, 5) is 12.8. The molecule has 7 heteroatoms. The van der Waals surface area contributed by atoms with Crippen LogP contribution in [0.2, 0.25) is 0 Å². The summed E-state index contributed by atoms with van der Waals surface area (Å²) in [7, 11) is 0. The van der Waals surface area contributed by atoms with Gasteiger partial charge in [0.25, 0.3) is 5.91 Å². The molecule has 7 nitrogen and oxygen atoms in total. The number of anilines is 1. The fraction of sp³-hybridized carbons (Fsp3) is 0.208. The average molecular weight is 416 g/mol. The van der Waals surface area contributed by atoms with Crippen LogP contribution in [0.25, 0.3) is 0 Å². The van der Waals surface area contributed by atoms with Crippen molar-refractivity contribution in [3.63, 3.8) is 0 Å². The molecule has 0 saturated carbocycles. The summed E-state index contributed by atoms with van der Waals surface area (Å²) in [5.74, 6) is 1.73. The van der Waals surface area contributed by atoms with Crippen LogP contribution in [0.15, 0.2) is 65.3 Å². The van der Waals surface area contributed by atoms with Gasteiger partial charge in [-0.05, 0) is 44.5 Å². The van der Waals surface area contributed by atoms with E-state index in [1.165, 1.54) is 5.56 Å². The topological polar surface area (TPSA) is 82.2 Å². The SMILES string of the molecule is Cc1cccc(Cn2nccc2NC(=O)c2cccc(OCc3c(C)noc3C)c2)c1. The largest absolute Gasteiger partial charge is 0.489 e. The number of benzene rings is 2. The number of aromatic nitrogens is 3. The second-order valence-electron chi connectivity index (χ2n) is 7.44. The summed E-state index contributed by atoms with van der Waals surface area (Å²) in [6.45, 7) is 6.68. The predicted molar refractivity (Wildman–Crippen MR) is 117 cm³/mol. The molecule has 0 fully saturated rings. The Morgan fingerprint density at radius 1 is 1.10 bits per heavy atom. The minimum atomic E-state index is -0.228. The van der Waals surface area contributed by atoms with Crippen molar-refractivity contribution < 1.29 is 14.1 Å². The van der Waals surface area contributed by atoms with Gasteiger partial charge in [0, 0.05) is 11.6 Å². The van der Waals surface area contributed by atoms with E-state index in [1.807, 2.05) is 32.0 Å². The van der Waals surface area contributed by atoms with Gasteiger partial charge in [0.2, 0.25) is 0 Å². The van der Waals surface area contributed by atoms with Crippen LogP contribution in [-0.2, 0) is 13.2 Å². The number of nitrogens with one attached hydrogen (secondary N) is 1. The van der Waals surface area contributed by atoms with Gasteiger partial charge in [-0.3, -0.25) is 4.79 Å². The zero-order valence-corrected chi connectivity index (χ0v) is 17.8. The highest BCUT2D eigenvalue weighted by molar-refractivity contribution is 6.04. The van der Waals surface area contributed by atoms with E-state index >= 15 is 0 Å². The van der Waals surface area contributed by atoms with Gasteiger partial charge in [-0.25, -0.2) is 4.68 Å². The monoisotopic (exact) mass is 416 g/mol. The first-order valence-corrected chi connectivity index (χ1v) is 10.0. The van der Waals surface area contributed by atoms with Crippen molar-refractivity contribution in [2.24, 2.45) is 0 Å². The lowest BCUT2D eigenvalue weighted by Gasteiger charge is -2.11. The lowest BCUT2D eigenvalue weighted by molar-refractivity contribution is 0.102. The van der Waals surface area contributed by atoms with Gasteiger partial charge in [0.05, 0.1) is 24.0 Å². The number of rotatable bonds is 7. The molecule has 0 spiro atoms. The Hall–Kier alpha value is -3.87. The first-order chi connectivity index (χ1) is 15.0. The summed E-state index contributed by atoms with van der Waals surface area (Å²) in [5.41, 5.74) is 4.51. The van der Waals surface area contributed by atoms with Crippen molar-refractivity contribution in [2.75, 3.05) is 5.32 Å². The van der Waals surface area contributed by atoms with Crippen molar-refractivity contribution >= 4 is 11.7 Å². The van der Waals surface area contributed by atoms with Crippen LogP contribution in [0.5, 0.6) is 5.75 Å². The molecule has 1 N–H and O–H groups in total. The quantitative estimate of drug-likeness (QED) is 0.473. The van der Waals surface area contributed by atoms with Crippen molar-refractivity contribution in [2.45, 2.75) is 33.9 Å². The lowest BCUT2D eigenvalue weighted by atomic mass is 10.1. The van der Waals surface area contributed by atoms with Crippen LogP contribution < -0.4 is 10.1 Å². The van der Waals surface area contributed by atoms with Crippen LogP contribution in [0, 0.1) is 20.8 Å². The minimum Gasteiger partial charge on any atom is -0.489 e. The van der Waals surface area contributed by atoms with E-state index in [4.69, 9.17) is 9.26 Å². The normalized spacial score (nSPS) is 10.8. The third-order valence-electron chi connectivity index (χ3n) is 5.03. The zero-order valence-electron chi connectivity index (χ0n) is 17.8. The number of hydrogen-bond acceptors (Lipinski definition) is 5. The van der Waals surface area contributed by atoms with E-state index < -0.39 is 0 Å². The Balaban J connectivity index is 1.44. The van der Waals surface area contributed by atoms with Crippen LogP contribution in [0.4, 0.5) is 5.82 Å². The molecule has 0 aliphatic heterocycles. The number of amides is 1. The van der Waals surface area contributed by atoms with E-state index in [2.05, 4.69) is 34.6 Å². The molecule has 0 radical (unpaired) electrons. The summed E-state index contributed by atoms with van der Waals surface area (Å²) in [6.07, 6.45) is 1.68. The molecule has 0 aliphatic carbocycles. The summed E-state index contributed by atoms with van der Waals surface area (Å²) >= 11 is 0. The van der Waals surface area contributed by atoms with Gasteiger partial charge in [-0.15, -0.1) is 0 Å². The first-order valence-electron chi connectivity index (χ1n) is 10.0. The van der Waals surface area contributed by atoms with Crippen molar-refractivity contribution in [3.8, 4) is 5.75 Å². The Morgan fingerprint density at radius 3 is 2.71 bits per heavy atom. The number of aryl methyl sites for hydroxylation is 3. The molecule has 2 heterocycles. The molecule has 0 atom stereocenters. The zero-order chi connectivity index (χ0) is 21.8. The fourth-order valence-electron chi connectivity index (χ4n) is 3.33. The number of ether oxygens (including phenoxy) is 1. The van der Waals surface area contributed by atoms with Gasteiger partial charge in [0.1, 0.15) is 23.9 Å². The molecule has 0 aliphatic rings. The molecule has 2 aromatic heterocycles. The molecule has 0 saturated heterocycles. The molecule has 4 aromatic rings. The second-order valence-corrected chi connectivity index (χ2v) is 7.44. The molecule has 31 heavy (non-hydrogen) atoms. The summed E-state index contributed by atoms with van der Waals surface area (Å²) in [5, 5.41) is 11.2. The molecule has 158 valence electrons. The highest BCUT2D eigenvalue weighted by Gasteiger charge is 2.13. The van der Waals surface area contributed by atoms with E-state index in [1.54, 1.807) is 35.1 Å². The number of hydrogen-bond donors (Lipinski definition) is 1. The van der Waals surface area contributed by atoms with Gasteiger partial charge in [-0.1, -0.05) is 41.1 Å². The molecular formula is C24H24N4O3.